The summed E-state index contributed by atoms with van der Waals surface area (Å²) in [7, 11) is 0. The fourth-order valence-electron chi connectivity index (χ4n) is 4.03. The molecule has 7 heteroatoms. The van der Waals surface area contributed by atoms with E-state index in [9.17, 15) is 14.7 Å². The molecule has 4 rings (SSSR count). The van der Waals surface area contributed by atoms with Gasteiger partial charge >= 0.3 is 5.97 Å². The van der Waals surface area contributed by atoms with E-state index in [-0.39, 0.29) is 31.6 Å². The largest absolute Gasteiger partial charge is 0.492 e. The third-order valence-electron chi connectivity index (χ3n) is 5.50. The summed E-state index contributed by atoms with van der Waals surface area (Å²) in [4.78, 5) is 27.8. The number of aliphatic hydroxyl groups is 1. The number of nitrogens with zero attached hydrogens (tertiary/aromatic N) is 1. The van der Waals surface area contributed by atoms with Gasteiger partial charge in [0.05, 0.1) is 6.61 Å². The zero-order valence-corrected chi connectivity index (χ0v) is 16.0. The Kier molecular flexibility index (Phi) is 5.03. The number of hydrogen-bond acceptors (Lipinski definition) is 5. The van der Waals surface area contributed by atoms with E-state index in [2.05, 4.69) is 0 Å². The summed E-state index contributed by atoms with van der Waals surface area (Å²) in [6.45, 7) is 0.638. The summed E-state index contributed by atoms with van der Waals surface area (Å²) in [6, 6.07) is 14.7. The molecule has 2 heterocycles. The number of thioether (sulfide) groups is 1. The quantitative estimate of drug-likeness (QED) is 0.751. The van der Waals surface area contributed by atoms with E-state index < -0.39 is 11.4 Å². The van der Waals surface area contributed by atoms with Crippen LogP contribution < -0.4 is 4.74 Å². The second kappa shape index (κ2) is 7.48. The van der Waals surface area contributed by atoms with Gasteiger partial charge in [-0.3, -0.25) is 9.59 Å². The van der Waals surface area contributed by atoms with Crippen molar-refractivity contribution in [3.63, 3.8) is 0 Å². The van der Waals surface area contributed by atoms with E-state index in [0.29, 0.717) is 23.6 Å². The molecule has 0 aliphatic carbocycles. The smallest absolute Gasteiger partial charge is 0.315 e. The van der Waals surface area contributed by atoms with Crippen molar-refractivity contribution in [2.24, 2.45) is 5.41 Å². The molecule has 28 heavy (non-hydrogen) atoms. The number of hydrogen-bond donors (Lipinski definition) is 2. The van der Waals surface area contributed by atoms with Gasteiger partial charge in [-0.15, -0.1) is 11.8 Å². The first-order valence-corrected chi connectivity index (χ1v) is 10.1. The molecule has 0 radical (unpaired) electrons. The lowest BCUT2D eigenvalue weighted by Crippen LogP contribution is -2.46. The molecule has 1 fully saturated rings. The van der Waals surface area contributed by atoms with Crippen LogP contribution in [0.3, 0.4) is 0 Å². The van der Waals surface area contributed by atoms with Crippen LogP contribution >= 0.6 is 11.8 Å². The Labute approximate surface area is 167 Å². The number of likely N-dealkylation sites (tertiary alicyclic amines) is 1. The van der Waals surface area contributed by atoms with Gasteiger partial charge in [0.1, 0.15) is 17.8 Å². The number of ether oxygens (including phenoxy) is 1. The standard InChI is InChI=1S/C21H21NO5S/c23-9-10-28-15-7-5-14(6-8-15)19(24)22-11-17-16-3-1-2-4-18(16)27-13-21(17,12-22)20(25)26/h1-8,17,23H,9-13H2,(H,25,26)/t17-,21-/m1/s1. The molecule has 1 amide bonds. The van der Waals surface area contributed by atoms with Crippen LogP contribution in [0, 0.1) is 5.41 Å². The number of amides is 1. The highest BCUT2D eigenvalue weighted by molar-refractivity contribution is 7.99. The van der Waals surface area contributed by atoms with Crippen LogP contribution in [0.1, 0.15) is 21.8 Å². The number of carboxylic acid groups (broad SMARTS) is 1. The highest BCUT2D eigenvalue weighted by Crippen LogP contribution is 2.49. The van der Waals surface area contributed by atoms with E-state index in [1.165, 1.54) is 11.8 Å². The summed E-state index contributed by atoms with van der Waals surface area (Å²) >= 11 is 1.52. The van der Waals surface area contributed by atoms with Crippen molar-refractivity contribution in [3.05, 3.63) is 59.7 Å². The fraction of sp³-hybridized carbons (Fsp3) is 0.333. The number of para-hydroxylation sites is 1. The molecule has 6 nitrogen and oxygen atoms in total. The molecular formula is C21H21NO5S. The molecule has 0 unspecified atom stereocenters. The van der Waals surface area contributed by atoms with Crippen LogP contribution in [-0.2, 0) is 4.79 Å². The maximum Gasteiger partial charge on any atom is 0.315 e. The van der Waals surface area contributed by atoms with E-state index in [1.54, 1.807) is 17.0 Å². The van der Waals surface area contributed by atoms with Gasteiger partial charge < -0.3 is 19.8 Å². The molecule has 0 bridgehead atoms. The van der Waals surface area contributed by atoms with Gasteiger partial charge in [-0.05, 0) is 30.3 Å². The first kappa shape index (κ1) is 18.8. The third-order valence-corrected chi connectivity index (χ3v) is 6.49. The Morgan fingerprint density at radius 3 is 2.64 bits per heavy atom. The molecule has 2 N–H and O–H groups in total. The monoisotopic (exact) mass is 399 g/mol. The van der Waals surface area contributed by atoms with Crippen molar-refractivity contribution in [3.8, 4) is 5.75 Å². The third kappa shape index (κ3) is 3.14. The second-order valence-electron chi connectivity index (χ2n) is 7.12. The van der Waals surface area contributed by atoms with Gasteiger partial charge in [0, 0.05) is 40.8 Å². The number of benzene rings is 2. The maximum atomic E-state index is 13.0. The first-order chi connectivity index (χ1) is 13.5. The number of aliphatic carboxylic acids is 1. The van der Waals surface area contributed by atoms with Crippen LogP contribution in [0.4, 0.5) is 0 Å². The number of aliphatic hydroxyl groups excluding tert-OH is 1. The maximum absolute atomic E-state index is 13.0. The van der Waals surface area contributed by atoms with Crippen LogP contribution in [0.25, 0.3) is 0 Å². The Morgan fingerprint density at radius 2 is 1.93 bits per heavy atom. The Balaban J connectivity index is 1.59. The van der Waals surface area contributed by atoms with Gasteiger partial charge in [-0.1, -0.05) is 18.2 Å². The summed E-state index contributed by atoms with van der Waals surface area (Å²) in [6.07, 6.45) is 0. The number of rotatable bonds is 5. The topological polar surface area (TPSA) is 87.1 Å². The number of fused-ring (bicyclic) bond motifs is 3. The average molecular weight is 399 g/mol. The van der Waals surface area contributed by atoms with Crippen molar-refractivity contribution >= 4 is 23.6 Å². The van der Waals surface area contributed by atoms with Crippen molar-refractivity contribution < 1.29 is 24.5 Å². The molecule has 2 atom stereocenters. The minimum atomic E-state index is -1.12. The van der Waals surface area contributed by atoms with Gasteiger partial charge in [0.15, 0.2) is 0 Å². The zero-order valence-electron chi connectivity index (χ0n) is 15.2. The highest BCUT2D eigenvalue weighted by atomic mass is 32.2. The van der Waals surface area contributed by atoms with Crippen molar-refractivity contribution in [1.82, 2.24) is 4.90 Å². The number of carboxylic acids is 1. The van der Waals surface area contributed by atoms with Crippen LogP contribution in [0.2, 0.25) is 0 Å². The van der Waals surface area contributed by atoms with Crippen molar-refractivity contribution in [1.29, 1.82) is 0 Å². The molecule has 0 aromatic heterocycles. The van der Waals surface area contributed by atoms with Gasteiger partial charge in [0.25, 0.3) is 5.91 Å². The molecule has 2 aliphatic rings. The molecule has 0 saturated carbocycles. The lowest BCUT2D eigenvalue weighted by Gasteiger charge is -2.35. The second-order valence-corrected chi connectivity index (χ2v) is 8.29. The van der Waals surface area contributed by atoms with Gasteiger partial charge in [-0.25, -0.2) is 0 Å². The minimum Gasteiger partial charge on any atom is -0.492 e. The van der Waals surface area contributed by atoms with Crippen LogP contribution in [-0.4, -0.2) is 59.0 Å². The lowest BCUT2D eigenvalue weighted by atomic mass is 9.73. The Bertz CT molecular complexity index is 900. The summed E-state index contributed by atoms with van der Waals surface area (Å²) in [5, 5.41) is 18.9. The zero-order chi connectivity index (χ0) is 19.7. The van der Waals surface area contributed by atoms with Crippen molar-refractivity contribution in [2.45, 2.75) is 10.8 Å². The summed E-state index contributed by atoms with van der Waals surface area (Å²) < 4.78 is 5.75. The Morgan fingerprint density at radius 1 is 1.18 bits per heavy atom. The predicted octanol–water partition coefficient (Wildman–Crippen LogP) is 2.47. The highest BCUT2D eigenvalue weighted by Gasteiger charge is 2.57. The summed E-state index contributed by atoms with van der Waals surface area (Å²) in [5.74, 6) is -0.103. The molecule has 146 valence electrons. The fourth-order valence-corrected chi connectivity index (χ4v) is 4.69. The molecule has 2 aromatic carbocycles. The molecule has 0 spiro atoms. The summed E-state index contributed by atoms with van der Waals surface area (Å²) in [5.41, 5.74) is 0.255. The lowest BCUT2D eigenvalue weighted by molar-refractivity contribution is -0.151. The van der Waals surface area contributed by atoms with Gasteiger partial charge in [0.2, 0.25) is 0 Å². The average Bonchev–Trinajstić information content (AvgIpc) is 3.14. The molecule has 2 aromatic rings. The van der Waals surface area contributed by atoms with Crippen LogP contribution in [0.15, 0.2) is 53.4 Å². The number of carbonyl (C=O) groups excluding carboxylic acids is 1. The predicted molar refractivity (Wildman–Crippen MR) is 105 cm³/mol. The van der Waals surface area contributed by atoms with Crippen molar-refractivity contribution in [2.75, 3.05) is 32.1 Å². The molecule has 2 aliphatic heterocycles. The Hall–Kier alpha value is -2.51. The molecule has 1 saturated heterocycles. The van der Waals surface area contributed by atoms with Crippen LogP contribution in [0.5, 0.6) is 5.75 Å². The normalized spacial score (nSPS) is 22.9. The van der Waals surface area contributed by atoms with Gasteiger partial charge in [-0.2, -0.15) is 0 Å². The van der Waals surface area contributed by atoms with E-state index in [4.69, 9.17) is 9.84 Å². The number of carbonyl (C=O) groups is 2. The first-order valence-electron chi connectivity index (χ1n) is 9.13. The van der Waals surface area contributed by atoms with E-state index in [0.717, 1.165) is 10.5 Å². The van der Waals surface area contributed by atoms with E-state index in [1.807, 2.05) is 36.4 Å². The van der Waals surface area contributed by atoms with E-state index >= 15 is 0 Å². The minimum absolute atomic E-state index is 0.0601. The SMILES string of the molecule is O=C(c1ccc(SCCO)cc1)N1C[C@@H]2c3ccccc3OC[C@]2(C(=O)O)C1. The molecular weight excluding hydrogens is 378 g/mol.